The van der Waals surface area contributed by atoms with Crippen LogP contribution in [0.3, 0.4) is 0 Å². The third-order valence-corrected chi connectivity index (χ3v) is 5.68. The molecule has 0 aromatic carbocycles. The molecule has 3 heterocycles. The second kappa shape index (κ2) is 5.54. The van der Waals surface area contributed by atoms with Crippen LogP contribution in [0.25, 0.3) is 0 Å². The minimum absolute atomic E-state index is 0.255. The first-order valence-electron chi connectivity index (χ1n) is 8.05. The molecule has 2 aromatic heterocycles. The third-order valence-electron chi connectivity index (χ3n) is 4.76. The minimum Gasteiger partial charge on any atom is -0.338 e. The number of carbonyl (C=O) groups is 1. The molecule has 1 aliphatic heterocycles. The molecule has 0 bridgehead atoms. The summed E-state index contributed by atoms with van der Waals surface area (Å²) in [5.41, 5.74) is 2.57. The molecule has 0 unspecified atom stereocenters. The molecular weight excluding hydrogens is 294 g/mol. The molecule has 5 heteroatoms. The summed E-state index contributed by atoms with van der Waals surface area (Å²) in [5, 5.41) is 6.30. The largest absolute Gasteiger partial charge is 0.338 e. The van der Waals surface area contributed by atoms with Crippen LogP contribution in [0.1, 0.15) is 46.0 Å². The number of aryl methyl sites for hydroxylation is 1. The van der Waals surface area contributed by atoms with Gasteiger partial charge in [0.15, 0.2) is 0 Å². The highest BCUT2D eigenvalue weighted by Crippen LogP contribution is 2.43. The lowest BCUT2D eigenvalue weighted by Crippen LogP contribution is -2.28. The summed E-state index contributed by atoms with van der Waals surface area (Å²) in [6.45, 7) is 1.78. The number of carbonyl (C=O) groups excluding carboxylic acids is 1. The molecule has 0 N–H and O–H groups in total. The maximum absolute atomic E-state index is 12.8. The van der Waals surface area contributed by atoms with E-state index in [4.69, 9.17) is 0 Å². The second-order valence-electron chi connectivity index (χ2n) is 6.61. The van der Waals surface area contributed by atoms with Gasteiger partial charge in [-0.25, -0.2) is 0 Å². The summed E-state index contributed by atoms with van der Waals surface area (Å²) in [4.78, 5) is 15.8. The maximum atomic E-state index is 12.8. The molecule has 2 fully saturated rings. The van der Waals surface area contributed by atoms with E-state index in [9.17, 15) is 4.79 Å². The van der Waals surface area contributed by atoms with Gasteiger partial charge < -0.3 is 4.90 Å². The number of nitrogens with zero attached hydrogens (tertiary/aromatic N) is 3. The van der Waals surface area contributed by atoms with Gasteiger partial charge in [0.25, 0.3) is 5.91 Å². The Morgan fingerprint density at radius 1 is 1.41 bits per heavy atom. The minimum atomic E-state index is 0.255. The van der Waals surface area contributed by atoms with Crippen LogP contribution in [-0.4, -0.2) is 33.7 Å². The van der Waals surface area contributed by atoms with Gasteiger partial charge in [-0.2, -0.15) is 5.10 Å². The summed E-state index contributed by atoms with van der Waals surface area (Å²) in [6.07, 6.45) is 8.65. The van der Waals surface area contributed by atoms with E-state index in [0.717, 1.165) is 30.8 Å². The van der Waals surface area contributed by atoms with Gasteiger partial charge >= 0.3 is 0 Å². The van der Waals surface area contributed by atoms with Gasteiger partial charge in [0, 0.05) is 26.3 Å². The molecule has 2 aromatic rings. The molecule has 2 aliphatic rings. The molecule has 22 heavy (non-hydrogen) atoms. The standard InChI is InChI=1S/C17H21N3OS/c1-19-10-13(9-18-19)8-12-4-6-20(11-12)17(21)16-15(5-7-22-16)14-2-3-14/h5,7,9-10,12,14H,2-4,6,8,11H2,1H3/t12-/m0/s1. The SMILES string of the molecule is Cn1cc(C[C@@H]2CCN(C(=O)c3sccc3C3CC3)C2)cn1. The Balaban J connectivity index is 1.41. The summed E-state index contributed by atoms with van der Waals surface area (Å²) in [7, 11) is 1.95. The van der Waals surface area contributed by atoms with E-state index in [2.05, 4.69) is 27.6 Å². The highest BCUT2D eigenvalue weighted by Gasteiger charge is 2.33. The predicted molar refractivity (Wildman–Crippen MR) is 87.2 cm³/mol. The van der Waals surface area contributed by atoms with E-state index in [1.54, 1.807) is 11.3 Å². The number of rotatable bonds is 4. The zero-order valence-corrected chi connectivity index (χ0v) is 13.7. The monoisotopic (exact) mass is 315 g/mol. The Bertz CT molecular complexity index is 686. The Morgan fingerprint density at radius 3 is 3.00 bits per heavy atom. The van der Waals surface area contributed by atoms with Crippen molar-refractivity contribution in [3.8, 4) is 0 Å². The molecule has 4 nitrogen and oxygen atoms in total. The number of aromatic nitrogens is 2. The zero-order valence-electron chi connectivity index (χ0n) is 12.9. The van der Waals surface area contributed by atoms with Crippen LogP contribution < -0.4 is 0 Å². The Kier molecular flexibility index (Phi) is 3.53. The van der Waals surface area contributed by atoms with Gasteiger partial charge in [0.1, 0.15) is 0 Å². The first-order valence-corrected chi connectivity index (χ1v) is 8.93. The molecule has 116 valence electrons. The third kappa shape index (κ3) is 2.70. The highest BCUT2D eigenvalue weighted by molar-refractivity contribution is 7.12. The van der Waals surface area contributed by atoms with Gasteiger partial charge in [-0.3, -0.25) is 9.48 Å². The second-order valence-corrected chi connectivity index (χ2v) is 7.53. The fraction of sp³-hybridized carbons (Fsp3) is 0.529. The van der Waals surface area contributed by atoms with Crippen molar-refractivity contribution in [2.24, 2.45) is 13.0 Å². The van der Waals surface area contributed by atoms with Gasteiger partial charge in [-0.05, 0) is 60.1 Å². The van der Waals surface area contributed by atoms with Crippen LogP contribution in [0.4, 0.5) is 0 Å². The Morgan fingerprint density at radius 2 is 2.27 bits per heavy atom. The van der Waals surface area contributed by atoms with E-state index < -0.39 is 0 Å². The van der Waals surface area contributed by atoms with Crippen molar-refractivity contribution in [1.29, 1.82) is 0 Å². The smallest absolute Gasteiger partial charge is 0.264 e. The van der Waals surface area contributed by atoms with E-state index in [1.165, 1.54) is 24.0 Å². The van der Waals surface area contributed by atoms with Crippen LogP contribution in [0, 0.1) is 5.92 Å². The van der Waals surface area contributed by atoms with Crippen LogP contribution in [0.15, 0.2) is 23.8 Å². The van der Waals surface area contributed by atoms with E-state index in [1.807, 2.05) is 17.9 Å². The molecule has 0 radical (unpaired) electrons. The molecule has 1 amide bonds. The van der Waals surface area contributed by atoms with Crippen molar-refractivity contribution >= 4 is 17.2 Å². The molecule has 1 atom stereocenters. The van der Waals surface area contributed by atoms with Crippen molar-refractivity contribution in [3.05, 3.63) is 39.8 Å². The summed E-state index contributed by atoms with van der Waals surface area (Å²) in [5.74, 6) is 1.47. The highest BCUT2D eigenvalue weighted by atomic mass is 32.1. The van der Waals surface area contributed by atoms with Crippen molar-refractivity contribution in [3.63, 3.8) is 0 Å². The van der Waals surface area contributed by atoms with Crippen molar-refractivity contribution in [2.45, 2.75) is 31.6 Å². The molecule has 4 rings (SSSR count). The quantitative estimate of drug-likeness (QED) is 0.869. The van der Waals surface area contributed by atoms with Gasteiger partial charge in [-0.1, -0.05) is 0 Å². The Labute approximate surface area is 134 Å². The van der Waals surface area contributed by atoms with Crippen LogP contribution in [0.5, 0.6) is 0 Å². The number of likely N-dealkylation sites (tertiary alicyclic amines) is 1. The first-order chi connectivity index (χ1) is 10.7. The predicted octanol–water partition coefficient (Wildman–Crippen LogP) is 3.06. The average Bonchev–Trinajstić information content (AvgIpc) is 2.93. The molecule has 0 spiro atoms. The lowest BCUT2D eigenvalue weighted by atomic mass is 10.0. The van der Waals surface area contributed by atoms with Crippen molar-refractivity contribution in [2.75, 3.05) is 13.1 Å². The summed E-state index contributed by atoms with van der Waals surface area (Å²) in [6, 6.07) is 2.15. The normalized spacial score (nSPS) is 21.5. The Hall–Kier alpha value is -1.62. The lowest BCUT2D eigenvalue weighted by molar-refractivity contribution is 0.0791. The van der Waals surface area contributed by atoms with Crippen LogP contribution >= 0.6 is 11.3 Å². The van der Waals surface area contributed by atoms with E-state index in [0.29, 0.717) is 11.8 Å². The topological polar surface area (TPSA) is 38.1 Å². The number of amides is 1. The fourth-order valence-corrected chi connectivity index (χ4v) is 4.40. The zero-order chi connectivity index (χ0) is 15.1. The molecular formula is C17H21N3OS. The lowest BCUT2D eigenvalue weighted by Gasteiger charge is -2.16. The number of hydrogen-bond acceptors (Lipinski definition) is 3. The van der Waals surface area contributed by atoms with Crippen LogP contribution in [-0.2, 0) is 13.5 Å². The molecule has 1 saturated heterocycles. The number of hydrogen-bond donors (Lipinski definition) is 0. The average molecular weight is 315 g/mol. The van der Waals surface area contributed by atoms with Crippen molar-refractivity contribution in [1.82, 2.24) is 14.7 Å². The van der Waals surface area contributed by atoms with Gasteiger partial charge in [0.05, 0.1) is 11.1 Å². The molecule has 1 aliphatic carbocycles. The van der Waals surface area contributed by atoms with Crippen LogP contribution in [0.2, 0.25) is 0 Å². The molecule has 1 saturated carbocycles. The maximum Gasteiger partial charge on any atom is 0.264 e. The summed E-state index contributed by atoms with van der Waals surface area (Å²) < 4.78 is 1.85. The first kappa shape index (κ1) is 14.0. The number of thiophene rings is 1. The fourth-order valence-electron chi connectivity index (χ4n) is 3.45. The van der Waals surface area contributed by atoms with E-state index in [-0.39, 0.29) is 5.91 Å². The van der Waals surface area contributed by atoms with E-state index >= 15 is 0 Å². The van der Waals surface area contributed by atoms with Gasteiger partial charge in [-0.15, -0.1) is 11.3 Å². The van der Waals surface area contributed by atoms with Crippen molar-refractivity contribution < 1.29 is 4.79 Å². The summed E-state index contributed by atoms with van der Waals surface area (Å²) >= 11 is 1.62. The van der Waals surface area contributed by atoms with Gasteiger partial charge in [0.2, 0.25) is 0 Å².